The Morgan fingerprint density at radius 2 is 1.97 bits per heavy atom. The SMILES string of the molecule is Nc1nccn2c(C3CC(CN4CCNC(=O)C4)C3)nc(-c3cccc(OCc4ccccc4)c3)c12. The molecule has 1 amide bonds. The summed E-state index contributed by atoms with van der Waals surface area (Å²) in [5.41, 5.74) is 10.1. The summed E-state index contributed by atoms with van der Waals surface area (Å²) in [4.78, 5) is 23.4. The molecule has 6 rings (SSSR count). The monoisotopic (exact) mass is 482 g/mol. The van der Waals surface area contributed by atoms with E-state index < -0.39 is 0 Å². The average Bonchev–Trinajstić information content (AvgIpc) is 3.26. The molecule has 1 aliphatic heterocycles. The van der Waals surface area contributed by atoms with Crippen molar-refractivity contribution in [2.75, 3.05) is 31.9 Å². The van der Waals surface area contributed by atoms with Gasteiger partial charge in [-0.2, -0.15) is 0 Å². The molecule has 8 heteroatoms. The van der Waals surface area contributed by atoms with Gasteiger partial charge in [-0.15, -0.1) is 0 Å². The number of hydrogen-bond donors (Lipinski definition) is 2. The number of carbonyl (C=O) groups excluding carboxylic acids is 1. The largest absolute Gasteiger partial charge is 0.489 e. The fourth-order valence-corrected chi connectivity index (χ4v) is 5.36. The number of nitrogens with one attached hydrogen (secondary N) is 1. The second-order valence-electron chi connectivity index (χ2n) is 9.77. The lowest BCUT2D eigenvalue weighted by Gasteiger charge is -2.38. The van der Waals surface area contributed by atoms with Crippen LogP contribution in [0, 0.1) is 5.92 Å². The molecule has 0 bridgehead atoms. The van der Waals surface area contributed by atoms with Crippen molar-refractivity contribution in [2.24, 2.45) is 5.92 Å². The zero-order valence-electron chi connectivity index (χ0n) is 20.1. The summed E-state index contributed by atoms with van der Waals surface area (Å²) in [5, 5.41) is 2.90. The molecule has 36 heavy (non-hydrogen) atoms. The van der Waals surface area contributed by atoms with Gasteiger partial charge in [-0.3, -0.25) is 14.1 Å². The number of nitrogen functional groups attached to an aromatic ring is 1. The molecule has 1 saturated carbocycles. The van der Waals surface area contributed by atoms with Gasteiger partial charge in [-0.25, -0.2) is 9.97 Å². The number of nitrogens with zero attached hydrogens (tertiary/aromatic N) is 4. The number of amides is 1. The molecular weight excluding hydrogens is 452 g/mol. The first-order valence-corrected chi connectivity index (χ1v) is 12.5. The number of aromatic nitrogens is 3. The second kappa shape index (κ2) is 9.62. The van der Waals surface area contributed by atoms with Crippen LogP contribution in [0.15, 0.2) is 67.0 Å². The van der Waals surface area contributed by atoms with E-state index in [2.05, 4.69) is 31.7 Å². The molecule has 2 fully saturated rings. The maximum atomic E-state index is 11.7. The van der Waals surface area contributed by atoms with E-state index in [9.17, 15) is 4.79 Å². The van der Waals surface area contributed by atoms with Gasteiger partial charge in [0, 0.05) is 43.5 Å². The van der Waals surface area contributed by atoms with Gasteiger partial charge in [0.2, 0.25) is 5.91 Å². The molecule has 8 nitrogen and oxygen atoms in total. The predicted octanol–water partition coefficient (Wildman–Crippen LogP) is 3.48. The van der Waals surface area contributed by atoms with Crippen molar-refractivity contribution in [3.05, 3.63) is 78.4 Å². The highest BCUT2D eigenvalue weighted by Gasteiger charge is 2.36. The first kappa shape index (κ1) is 22.5. The van der Waals surface area contributed by atoms with Crippen LogP contribution in [0.1, 0.15) is 30.1 Å². The minimum Gasteiger partial charge on any atom is -0.489 e. The Bertz CT molecular complexity index is 1380. The minimum atomic E-state index is 0.124. The molecule has 0 radical (unpaired) electrons. The molecule has 2 aromatic carbocycles. The molecule has 0 unspecified atom stereocenters. The van der Waals surface area contributed by atoms with Crippen molar-refractivity contribution in [1.82, 2.24) is 24.6 Å². The Balaban J connectivity index is 1.22. The van der Waals surface area contributed by atoms with E-state index in [0.29, 0.717) is 30.8 Å². The predicted molar refractivity (Wildman–Crippen MR) is 139 cm³/mol. The number of carbonyl (C=O) groups is 1. The highest BCUT2D eigenvalue weighted by Crippen LogP contribution is 2.43. The van der Waals surface area contributed by atoms with Crippen LogP contribution in [0.3, 0.4) is 0 Å². The van der Waals surface area contributed by atoms with Gasteiger partial charge < -0.3 is 15.8 Å². The Morgan fingerprint density at radius 1 is 1.11 bits per heavy atom. The summed E-state index contributed by atoms with van der Waals surface area (Å²) < 4.78 is 8.16. The Labute approximate surface area is 210 Å². The maximum absolute atomic E-state index is 11.7. The summed E-state index contributed by atoms with van der Waals surface area (Å²) in [5.74, 6) is 3.34. The summed E-state index contributed by atoms with van der Waals surface area (Å²) in [6.45, 7) is 3.64. The van der Waals surface area contributed by atoms with Crippen LogP contribution in [-0.2, 0) is 11.4 Å². The van der Waals surface area contributed by atoms with E-state index in [4.69, 9.17) is 15.5 Å². The average molecular weight is 483 g/mol. The third-order valence-electron chi connectivity index (χ3n) is 7.20. The lowest BCUT2D eigenvalue weighted by molar-refractivity contribution is -0.124. The first-order valence-electron chi connectivity index (χ1n) is 12.5. The second-order valence-corrected chi connectivity index (χ2v) is 9.77. The number of fused-ring (bicyclic) bond motifs is 1. The normalized spacial score (nSPS) is 20.2. The quantitative estimate of drug-likeness (QED) is 0.419. The lowest BCUT2D eigenvalue weighted by Crippen LogP contribution is -2.50. The number of rotatable bonds is 7. The van der Waals surface area contributed by atoms with Gasteiger partial charge in [0.05, 0.1) is 6.54 Å². The summed E-state index contributed by atoms with van der Waals surface area (Å²) in [7, 11) is 0. The summed E-state index contributed by atoms with van der Waals surface area (Å²) in [6, 6.07) is 18.1. The van der Waals surface area contributed by atoms with E-state index in [1.165, 1.54) is 0 Å². The van der Waals surface area contributed by atoms with E-state index in [-0.39, 0.29) is 5.91 Å². The molecule has 1 saturated heterocycles. The lowest BCUT2D eigenvalue weighted by atomic mass is 9.74. The van der Waals surface area contributed by atoms with Crippen LogP contribution in [0.4, 0.5) is 5.82 Å². The standard InChI is InChI=1S/C28H30N6O2/c29-27-26-25(21-7-4-8-23(15-21)36-18-19-5-2-1-3-6-19)32-28(34(26)12-10-31-27)22-13-20(14-22)16-33-11-9-30-24(35)17-33/h1-8,10,12,15,20,22H,9,11,13-14,16-18H2,(H2,29,31)(H,30,35). The van der Waals surface area contributed by atoms with Crippen LogP contribution in [-0.4, -0.2) is 51.4 Å². The van der Waals surface area contributed by atoms with Gasteiger partial charge in [0.1, 0.15) is 35.2 Å². The summed E-state index contributed by atoms with van der Waals surface area (Å²) in [6.07, 6.45) is 5.80. The highest BCUT2D eigenvalue weighted by molar-refractivity contribution is 5.85. The van der Waals surface area contributed by atoms with E-state index in [0.717, 1.165) is 66.4 Å². The first-order chi connectivity index (χ1) is 17.6. The summed E-state index contributed by atoms with van der Waals surface area (Å²) >= 11 is 0. The maximum Gasteiger partial charge on any atom is 0.234 e. The van der Waals surface area contributed by atoms with Crippen molar-refractivity contribution in [2.45, 2.75) is 25.4 Å². The van der Waals surface area contributed by atoms with Crippen LogP contribution >= 0.6 is 0 Å². The molecular formula is C28H30N6O2. The number of hydrogen-bond acceptors (Lipinski definition) is 6. The smallest absolute Gasteiger partial charge is 0.234 e. The fraction of sp³-hybridized carbons (Fsp3) is 0.321. The molecule has 2 aliphatic rings. The molecule has 4 aromatic rings. The molecule has 0 spiro atoms. The number of anilines is 1. The Morgan fingerprint density at radius 3 is 2.81 bits per heavy atom. The molecule has 0 atom stereocenters. The number of imidazole rings is 1. The van der Waals surface area contributed by atoms with E-state index in [1.807, 2.05) is 48.7 Å². The van der Waals surface area contributed by atoms with E-state index >= 15 is 0 Å². The van der Waals surface area contributed by atoms with Crippen LogP contribution in [0.25, 0.3) is 16.8 Å². The molecule has 1 aliphatic carbocycles. The Hall–Kier alpha value is -3.91. The van der Waals surface area contributed by atoms with Crippen molar-refractivity contribution < 1.29 is 9.53 Å². The zero-order valence-corrected chi connectivity index (χ0v) is 20.1. The van der Waals surface area contributed by atoms with E-state index in [1.54, 1.807) is 6.20 Å². The molecule has 2 aromatic heterocycles. The molecule has 184 valence electrons. The molecule has 3 N–H and O–H groups in total. The van der Waals surface area contributed by atoms with Crippen molar-refractivity contribution in [3.8, 4) is 17.0 Å². The highest BCUT2D eigenvalue weighted by atomic mass is 16.5. The number of benzene rings is 2. The van der Waals surface area contributed by atoms with Crippen LogP contribution in [0.2, 0.25) is 0 Å². The van der Waals surface area contributed by atoms with Crippen molar-refractivity contribution in [3.63, 3.8) is 0 Å². The van der Waals surface area contributed by atoms with Gasteiger partial charge in [0.15, 0.2) is 0 Å². The molecule has 3 heterocycles. The fourth-order valence-electron chi connectivity index (χ4n) is 5.36. The van der Waals surface area contributed by atoms with Gasteiger partial charge in [-0.05, 0) is 36.5 Å². The minimum absolute atomic E-state index is 0.124. The number of ether oxygens (including phenoxy) is 1. The van der Waals surface area contributed by atoms with Gasteiger partial charge >= 0.3 is 0 Å². The third-order valence-corrected chi connectivity index (χ3v) is 7.20. The van der Waals surface area contributed by atoms with Crippen molar-refractivity contribution >= 4 is 17.2 Å². The third kappa shape index (κ3) is 4.52. The number of nitrogens with two attached hydrogens (primary N) is 1. The van der Waals surface area contributed by atoms with Gasteiger partial charge in [-0.1, -0.05) is 42.5 Å². The topological polar surface area (TPSA) is 97.8 Å². The zero-order chi connectivity index (χ0) is 24.5. The Kier molecular flexibility index (Phi) is 6.03. The van der Waals surface area contributed by atoms with Crippen LogP contribution in [0.5, 0.6) is 5.75 Å². The van der Waals surface area contributed by atoms with Crippen molar-refractivity contribution in [1.29, 1.82) is 0 Å². The van der Waals surface area contributed by atoms with Crippen LogP contribution < -0.4 is 15.8 Å². The van der Waals surface area contributed by atoms with Gasteiger partial charge in [0.25, 0.3) is 0 Å². The number of piperazine rings is 1.